The number of nitrogens with one attached hydrogen (secondary N) is 1. The smallest absolute Gasteiger partial charge is 0.330 e. The van der Waals surface area contributed by atoms with Gasteiger partial charge in [0.2, 0.25) is 5.91 Å². The molecule has 1 aliphatic heterocycles. The van der Waals surface area contributed by atoms with Crippen LogP contribution in [0, 0.1) is 0 Å². The van der Waals surface area contributed by atoms with Crippen molar-refractivity contribution in [1.82, 2.24) is 24.8 Å². The van der Waals surface area contributed by atoms with Crippen molar-refractivity contribution < 1.29 is 14.3 Å². The van der Waals surface area contributed by atoms with Crippen molar-refractivity contribution in [1.29, 1.82) is 0 Å². The number of nitrogen functional groups attached to an aromatic ring is 1. The first-order valence-electron chi connectivity index (χ1n) is 12.1. The normalized spacial score (nSPS) is 17.0. The van der Waals surface area contributed by atoms with Gasteiger partial charge >= 0.3 is 5.97 Å². The molecule has 0 bridgehead atoms. The molecule has 0 unspecified atom stereocenters. The molecule has 37 heavy (non-hydrogen) atoms. The number of benzene rings is 2. The van der Waals surface area contributed by atoms with Crippen LogP contribution in [-0.4, -0.2) is 61.4 Å². The highest BCUT2D eigenvalue weighted by molar-refractivity contribution is 6.31. The molecule has 0 aliphatic carbocycles. The molecule has 5 rings (SSSR count). The highest BCUT2D eigenvalue weighted by Gasteiger charge is 2.39. The van der Waals surface area contributed by atoms with Gasteiger partial charge in [0.1, 0.15) is 23.8 Å². The second kappa shape index (κ2) is 9.64. The SMILES string of the molecule is CC(C)(C)OC(=O)[C@@H]1CN(Cc2cc3cc(Cl)ccc3[nH]2)CC(=O)N1Cc1ccc2c(N)ncnc2c1. The Kier molecular flexibility index (Phi) is 6.51. The van der Waals surface area contributed by atoms with E-state index in [1.165, 1.54) is 6.33 Å². The third-order valence-electron chi connectivity index (χ3n) is 6.28. The van der Waals surface area contributed by atoms with E-state index in [1.807, 2.05) is 68.1 Å². The third-order valence-corrected chi connectivity index (χ3v) is 6.52. The zero-order valence-electron chi connectivity index (χ0n) is 21.0. The summed E-state index contributed by atoms with van der Waals surface area (Å²) >= 11 is 6.13. The summed E-state index contributed by atoms with van der Waals surface area (Å²) in [5.74, 6) is -0.183. The minimum Gasteiger partial charge on any atom is -0.458 e. The van der Waals surface area contributed by atoms with E-state index < -0.39 is 17.6 Å². The summed E-state index contributed by atoms with van der Waals surface area (Å²) in [7, 11) is 0. The van der Waals surface area contributed by atoms with Crippen molar-refractivity contribution in [2.75, 3.05) is 18.8 Å². The van der Waals surface area contributed by atoms with Crippen LogP contribution in [0.5, 0.6) is 0 Å². The monoisotopic (exact) mass is 520 g/mol. The first-order valence-corrected chi connectivity index (χ1v) is 12.4. The molecule has 0 spiro atoms. The van der Waals surface area contributed by atoms with Crippen LogP contribution in [0.4, 0.5) is 5.82 Å². The third kappa shape index (κ3) is 5.52. The Labute approximate surface area is 219 Å². The van der Waals surface area contributed by atoms with Gasteiger partial charge in [0.15, 0.2) is 0 Å². The van der Waals surface area contributed by atoms with E-state index in [2.05, 4.69) is 15.0 Å². The minimum absolute atomic E-state index is 0.149. The molecule has 10 heteroatoms. The van der Waals surface area contributed by atoms with Crippen molar-refractivity contribution in [2.45, 2.75) is 45.5 Å². The molecular formula is C27H29ClN6O3. The predicted octanol–water partition coefficient (Wildman–Crippen LogP) is 3.90. The van der Waals surface area contributed by atoms with E-state index >= 15 is 0 Å². The van der Waals surface area contributed by atoms with Crippen molar-refractivity contribution in [2.24, 2.45) is 0 Å². The first-order chi connectivity index (χ1) is 17.6. The Balaban J connectivity index is 1.40. The Morgan fingerprint density at radius 1 is 1.16 bits per heavy atom. The number of halogens is 1. The number of nitrogens with zero attached hydrogens (tertiary/aromatic N) is 4. The van der Waals surface area contributed by atoms with Crippen LogP contribution in [-0.2, 0) is 27.4 Å². The average molecular weight is 521 g/mol. The summed E-state index contributed by atoms with van der Waals surface area (Å²) in [6, 6.07) is 12.5. The molecule has 3 heterocycles. The number of hydrogen-bond acceptors (Lipinski definition) is 7. The number of hydrogen-bond donors (Lipinski definition) is 2. The summed E-state index contributed by atoms with van der Waals surface area (Å²) in [5, 5.41) is 2.40. The number of esters is 1. The number of carbonyl (C=O) groups is 2. The van der Waals surface area contributed by atoms with Crippen LogP contribution in [0.2, 0.25) is 5.02 Å². The number of aromatic nitrogens is 3. The molecule has 0 saturated carbocycles. The molecule has 9 nitrogen and oxygen atoms in total. The number of H-pyrrole nitrogens is 1. The topological polar surface area (TPSA) is 117 Å². The van der Waals surface area contributed by atoms with Gasteiger partial charge in [0.05, 0.1) is 12.1 Å². The van der Waals surface area contributed by atoms with Crippen LogP contribution in [0.3, 0.4) is 0 Å². The van der Waals surface area contributed by atoms with Crippen LogP contribution < -0.4 is 5.73 Å². The molecule has 1 aliphatic rings. The molecule has 192 valence electrons. The predicted molar refractivity (Wildman–Crippen MR) is 143 cm³/mol. The number of carbonyl (C=O) groups excluding carboxylic acids is 2. The van der Waals surface area contributed by atoms with Crippen LogP contribution in [0.25, 0.3) is 21.8 Å². The second-order valence-electron chi connectivity index (χ2n) is 10.4. The Hall–Kier alpha value is -3.69. The largest absolute Gasteiger partial charge is 0.458 e. The molecule has 1 amide bonds. The zero-order valence-corrected chi connectivity index (χ0v) is 21.7. The van der Waals surface area contributed by atoms with Gasteiger partial charge in [0, 0.05) is 46.6 Å². The zero-order chi connectivity index (χ0) is 26.3. The molecular weight excluding hydrogens is 492 g/mol. The summed E-state index contributed by atoms with van der Waals surface area (Å²) in [6.45, 7) is 6.72. The lowest BCUT2D eigenvalue weighted by Gasteiger charge is -2.40. The Morgan fingerprint density at radius 2 is 1.97 bits per heavy atom. The molecule has 2 aromatic carbocycles. The minimum atomic E-state index is -0.759. The standard InChI is InChI=1S/C27H29ClN6O3/c1-27(2,3)37-26(36)23-13-33(12-19-10-17-9-18(28)5-7-21(17)32-19)14-24(35)34(23)11-16-4-6-20-22(8-16)30-15-31-25(20)29/h4-10,15,23,32H,11-14H2,1-3H3,(H2,29,30,31)/t23-/m0/s1. The summed E-state index contributed by atoms with van der Waals surface area (Å²) in [4.78, 5) is 42.0. The summed E-state index contributed by atoms with van der Waals surface area (Å²) < 4.78 is 5.72. The van der Waals surface area contributed by atoms with E-state index in [0.717, 1.165) is 27.5 Å². The number of ether oxygens (including phenoxy) is 1. The van der Waals surface area contributed by atoms with Crippen LogP contribution >= 0.6 is 11.6 Å². The molecule has 1 fully saturated rings. The number of fused-ring (bicyclic) bond motifs is 2. The lowest BCUT2D eigenvalue weighted by molar-refractivity contribution is -0.169. The molecule has 3 N–H and O–H groups in total. The van der Waals surface area contributed by atoms with Gasteiger partial charge in [-0.05, 0) is 62.7 Å². The number of piperazine rings is 1. The highest BCUT2D eigenvalue weighted by atomic mass is 35.5. The summed E-state index contributed by atoms with van der Waals surface area (Å²) in [6.07, 6.45) is 1.41. The van der Waals surface area contributed by atoms with Crippen molar-refractivity contribution >= 4 is 51.1 Å². The number of aromatic amines is 1. The maximum Gasteiger partial charge on any atom is 0.330 e. The van der Waals surface area contributed by atoms with Gasteiger partial charge in [0.25, 0.3) is 0 Å². The maximum atomic E-state index is 13.4. The fraction of sp³-hybridized carbons (Fsp3) is 0.333. The van der Waals surface area contributed by atoms with E-state index in [0.29, 0.717) is 29.4 Å². The lowest BCUT2D eigenvalue weighted by atomic mass is 10.1. The number of nitrogens with two attached hydrogens (primary N) is 1. The van der Waals surface area contributed by atoms with Gasteiger partial charge < -0.3 is 20.4 Å². The van der Waals surface area contributed by atoms with Gasteiger partial charge in [-0.25, -0.2) is 14.8 Å². The maximum absolute atomic E-state index is 13.4. The Morgan fingerprint density at radius 3 is 2.76 bits per heavy atom. The van der Waals surface area contributed by atoms with Gasteiger partial charge in [-0.1, -0.05) is 17.7 Å². The fourth-order valence-corrected chi connectivity index (χ4v) is 4.84. The van der Waals surface area contributed by atoms with Gasteiger partial charge in [-0.2, -0.15) is 0 Å². The second-order valence-corrected chi connectivity index (χ2v) is 10.8. The van der Waals surface area contributed by atoms with E-state index in [1.54, 1.807) is 4.90 Å². The quantitative estimate of drug-likeness (QED) is 0.383. The molecule has 2 aromatic heterocycles. The molecule has 1 atom stereocenters. The number of rotatable bonds is 5. The summed E-state index contributed by atoms with van der Waals surface area (Å²) in [5.41, 5.74) is 8.70. The average Bonchev–Trinajstić information content (AvgIpc) is 3.20. The highest BCUT2D eigenvalue weighted by Crippen LogP contribution is 2.25. The van der Waals surface area contributed by atoms with E-state index in [4.69, 9.17) is 22.1 Å². The lowest BCUT2D eigenvalue weighted by Crippen LogP contribution is -2.59. The van der Waals surface area contributed by atoms with E-state index in [9.17, 15) is 9.59 Å². The van der Waals surface area contributed by atoms with Crippen molar-refractivity contribution in [3.63, 3.8) is 0 Å². The van der Waals surface area contributed by atoms with Crippen molar-refractivity contribution in [3.8, 4) is 0 Å². The van der Waals surface area contributed by atoms with Gasteiger partial charge in [-0.3, -0.25) is 9.69 Å². The van der Waals surface area contributed by atoms with Gasteiger partial charge in [-0.15, -0.1) is 0 Å². The molecule has 1 saturated heterocycles. The fourth-order valence-electron chi connectivity index (χ4n) is 4.66. The first kappa shape index (κ1) is 25.0. The van der Waals surface area contributed by atoms with Crippen LogP contribution in [0.15, 0.2) is 48.8 Å². The van der Waals surface area contributed by atoms with Crippen molar-refractivity contribution in [3.05, 3.63) is 65.1 Å². The molecule has 4 aromatic rings. The van der Waals surface area contributed by atoms with Crippen LogP contribution in [0.1, 0.15) is 32.0 Å². The Bertz CT molecular complexity index is 1490. The van der Waals surface area contributed by atoms with E-state index in [-0.39, 0.29) is 19.0 Å². The number of anilines is 1. The number of amides is 1. The molecule has 0 radical (unpaired) electrons.